The van der Waals surface area contributed by atoms with Gasteiger partial charge in [-0.15, -0.1) is 0 Å². The normalized spacial score (nSPS) is 10.5. The maximum atomic E-state index is 12.2. The molecule has 0 fully saturated rings. The third-order valence-electron chi connectivity index (χ3n) is 3.40. The van der Waals surface area contributed by atoms with Gasteiger partial charge in [0.1, 0.15) is 5.75 Å². The van der Waals surface area contributed by atoms with Crippen LogP contribution in [0.4, 0.5) is 11.4 Å². The molecule has 2 aromatic carbocycles. The van der Waals surface area contributed by atoms with Crippen molar-refractivity contribution in [1.82, 2.24) is 0 Å². The number of ether oxygens (including phenoxy) is 1. The number of nitrogens with zero attached hydrogens (tertiary/aromatic N) is 1. The summed E-state index contributed by atoms with van der Waals surface area (Å²) in [5.41, 5.74) is 0.916. The zero-order chi connectivity index (χ0) is 17.5. The molecule has 24 heavy (non-hydrogen) atoms. The van der Waals surface area contributed by atoms with Gasteiger partial charge in [-0.3, -0.25) is 14.9 Å². The summed E-state index contributed by atoms with van der Waals surface area (Å²) in [7, 11) is 0. The van der Waals surface area contributed by atoms with Crippen molar-refractivity contribution in [3.8, 4) is 5.75 Å². The molecule has 2 aromatic rings. The van der Waals surface area contributed by atoms with Crippen molar-refractivity contribution >= 4 is 17.3 Å². The van der Waals surface area contributed by atoms with Crippen molar-refractivity contribution in [2.24, 2.45) is 5.92 Å². The molecule has 0 spiro atoms. The smallest absolute Gasteiger partial charge is 0.269 e. The zero-order valence-electron chi connectivity index (χ0n) is 13.7. The van der Waals surface area contributed by atoms with E-state index in [1.165, 1.54) is 24.3 Å². The monoisotopic (exact) mass is 328 g/mol. The van der Waals surface area contributed by atoms with Gasteiger partial charge in [-0.1, -0.05) is 19.9 Å². The molecule has 0 aliphatic carbocycles. The van der Waals surface area contributed by atoms with E-state index >= 15 is 0 Å². The molecule has 0 aliphatic heterocycles. The largest absolute Gasteiger partial charge is 0.494 e. The molecule has 0 aromatic heterocycles. The fourth-order valence-electron chi connectivity index (χ4n) is 2.01. The standard InChI is InChI=1S/C18H20N2O4/c1-13(2)10-11-24-17-5-3-4-15(12-17)19-18(21)14-6-8-16(9-7-14)20(22)23/h3-9,12-13H,10-11H2,1-2H3,(H,19,21). The van der Waals surface area contributed by atoms with Crippen LogP contribution in [0.1, 0.15) is 30.6 Å². The fourth-order valence-corrected chi connectivity index (χ4v) is 2.01. The summed E-state index contributed by atoms with van der Waals surface area (Å²) in [6.45, 7) is 4.88. The van der Waals surface area contributed by atoms with Gasteiger partial charge < -0.3 is 10.1 Å². The van der Waals surface area contributed by atoms with Crippen LogP contribution in [0.2, 0.25) is 0 Å². The minimum Gasteiger partial charge on any atom is -0.494 e. The summed E-state index contributed by atoms with van der Waals surface area (Å²) in [6.07, 6.45) is 0.958. The van der Waals surface area contributed by atoms with Crippen LogP contribution in [0.3, 0.4) is 0 Å². The van der Waals surface area contributed by atoms with Gasteiger partial charge in [-0.2, -0.15) is 0 Å². The minimum absolute atomic E-state index is 0.0490. The number of amides is 1. The quantitative estimate of drug-likeness (QED) is 0.608. The van der Waals surface area contributed by atoms with Crippen LogP contribution in [0.25, 0.3) is 0 Å². The predicted molar refractivity (Wildman–Crippen MR) is 92.4 cm³/mol. The maximum Gasteiger partial charge on any atom is 0.269 e. The first-order valence-electron chi connectivity index (χ1n) is 7.74. The molecule has 0 unspecified atom stereocenters. The van der Waals surface area contributed by atoms with Gasteiger partial charge in [0.2, 0.25) is 0 Å². The highest BCUT2D eigenvalue weighted by molar-refractivity contribution is 6.04. The minimum atomic E-state index is -0.500. The number of nitro benzene ring substituents is 1. The molecule has 0 saturated carbocycles. The topological polar surface area (TPSA) is 81.5 Å². The lowest BCUT2D eigenvalue weighted by Gasteiger charge is -2.10. The van der Waals surface area contributed by atoms with Crippen molar-refractivity contribution in [3.05, 3.63) is 64.2 Å². The summed E-state index contributed by atoms with van der Waals surface area (Å²) >= 11 is 0. The maximum absolute atomic E-state index is 12.2. The second kappa shape index (κ2) is 8.10. The molecule has 0 radical (unpaired) electrons. The number of nitro groups is 1. The van der Waals surface area contributed by atoms with Crippen LogP contribution in [0.15, 0.2) is 48.5 Å². The van der Waals surface area contributed by atoms with Gasteiger partial charge in [0.05, 0.1) is 11.5 Å². The van der Waals surface area contributed by atoms with Crippen LogP contribution >= 0.6 is 0 Å². The Kier molecular flexibility index (Phi) is 5.89. The molecule has 2 rings (SSSR count). The number of benzene rings is 2. The molecular weight excluding hydrogens is 308 g/mol. The van der Waals surface area contributed by atoms with Gasteiger partial charge in [-0.25, -0.2) is 0 Å². The Labute approximate surface area is 140 Å². The average Bonchev–Trinajstić information content (AvgIpc) is 2.55. The number of non-ortho nitro benzene ring substituents is 1. The van der Waals surface area contributed by atoms with Crippen molar-refractivity contribution in [1.29, 1.82) is 0 Å². The first kappa shape index (κ1) is 17.5. The number of carbonyl (C=O) groups excluding carboxylic acids is 1. The number of rotatable bonds is 7. The number of hydrogen-bond acceptors (Lipinski definition) is 4. The van der Waals surface area contributed by atoms with E-state index in [1.54, 1.807) is 18.2 Å². The van der Waals surface area contributed by atoms with Crippen LogP contribution in [0, 0.1) is 16.0 Å². The fraction of sp³-hybridized carbons (Fsp3) is 0.278. The third kappa shape index (κ3) is 5.08. The van der Waals surface area contributed by atoms with E-state index in [4.69, 9.17) is 4.74 Å². The van der Waals surface area contributed by atoms with Crippen molar-refractivity contribution < 1.29 is 14.5 Å². The summed E-state index contributed by atoms with van der Waals surface area (Å²) in [5, 5.41) is 13.4. The van der Waals surface area contributed by atoms with E-state index in [-0.39, 0.29) is 11.6 Å². The van der Waals surface area contributed by atoms with E-state index in [2.05, 4.69) is 19.2 Å². The molecule has 0 heterocycles. The number of carbonyl (C=O) groups is 1. The van der Waals surface area contributed by atoms with E-state index in [0.717, 1.165) is 6.42 Å². The van der Waals surface area contributed by atoms with E-state index < -0.39 is 4.92 Å². The lowest BCUT2D eigenvalue weighted by atomic mass is 10.1. The highest BCUT2D eigenvalue weighted by Crippen LogP contribution is 2.19. The van der Waals surface area contributed by atoms with Crippen LogP contribution in [-0.4, -0.2) is 17.4 Å². The Morgan fingerprint density at radius 2 is 1.92 bits per heavy atom. The molecule has 0 aliphatic rings. The molecule has 1 amide bonds. The number of anilines is 1. The second-order valence-electron chi connectivity index (χ2n) is 5.82. The second-order valence-corrected chi connectivity index (χ2v) is 5.82. The Hall–Kier alpha value is -2.89. The van der Waals surface area contributed by atoms with Gasteiger partial charge in [0.25, 0.3) is 11.6 Å². The molecular formula is C18H20N2O4. The van der Waals surface area contributed by atoms with Crippen molar-refractivity contribution in [3.63, 3.8) is 0 Å². The zero-order valence-corrected chi connectivity index (χ0v) is 13.7. The average molecular weight is 328 g/mol. The SMILES string of the molecule is CC(C)CCOc1cccc(NC(=O)c2ccc([N+](=O)[O-])cc2)c1. The van der Waals surface area contributed by atoms with E-state index in [0.29, 0.717) is 29.5 Å². The van der Waals surface area contributed by atoms with Gasteiger partial charge in [-0.05, 0) is 36.6 Å². The number of hydrogen-bond donors (Lipinski definition) is 1. The van der Waals surface area contributed by atoms with Crippen molar-refractivity contribution in [2.45, 2.75) is 20.3 Å². The highest BCUT2D eigenvalue weighted by Gasteiger charge is 2.10. The summed E-state index contributed by atoms with van der Waals surface area (Å²) in [5.74, 6) is 0.927. The lowest BCUT2D eigenvalue weighted by molar-refractivity contribution is -0.384. The Morgan fingerprint density at radius 1 is 1.21 bits per heavy atom. The van der Waals surface area contributed by atoms with Gasteiger partial charge >= 0.3 is 0 Å². The first-order chi connectivity index (χ1) is 11.5. The Morgan fingerprint density at radius 3 is 2.54 bits per heavy atom. The van der Waals surface area contributed by atoms with Gasteiger partial charge in [0.15, 0.2) is 0 Å². The predicted octanol–water partition coefficient (Wildman–Crippen LogP) is 4.27. The first-order valence-corrected chi connectivity index (χ1v) is 7.74. The summed E-state index contributed by atoms with van der Waals surface area (Å²) < 4.78 is 5.66. The van der Waals surface area contributed by atoms with E-state index in [1.807, 2.05) is 6.07 Å². The molecule has 1 N–H and O–H groups in total. The molecule has 126 valence electrons. The van der Waals surface area contributed by atoms with Gasteiger partial charge in [0, 0.05) is 29.4 Å². The lowest BCUT2D eigenvalue weighted by Crippen LogP contribution is -2.12. The van der Waals surface area contributed by atoms with Crippen LogP contribution in [-0.2, 0) is 0 Å². The third-order valence-corrected chi connectivity index (χ3v) is 3.40. The Balaban J connectivity index is 1.99. The molecule has 0 saturated heterocycles. The van der Waals surface area contributed by atoms with Crippen molar-refractivity contribution in [2.75, 3.05) is 11.9 Å². The molecule has 0 bridgehead atoms. The highest BCUT2D eigenvalue weighted by atomic mass is 16.6. The molecule has 6 heteroatoms. The van der Waals surface area contributed by atoms with Crippen LogP contribution in [0.5, 0.6) is 5.75 Å². The summed E-state index contributed by atoms with van der Waals surface area (Å²) in [6, 6.07) is 12.6. The van der Waals surface area contributed by atoms with E-state index in [9.17, 15) is 14.9 Å². The summed E-state index contributed by atoms with van der Waals surface area (Å²) in [4.78, 5) is 22.3. The number of nitrogens with one attached hydrogen (secondary N) is 1. The van der Waals surface area contributed by atoms with Crippen LogP contribution < -0.4 is 10.1 Å². The molecule has 0 atom stereocenters. The Bertz CT molecular complexity index is 711. The molecule has 6 nitrogen and oxygen atoms in total.